The zero-order valence-electron chi connectivity index (χ0n) is 15.2. The maximum Gasteiger partial charge on any atom is 0.280 e. The van der Waals surface area contributed by atoms with E-state index in [0.29, 0.717) is 16.3 Å². The number of amides is 2. The predicted molar refractivity (Wildman–Crippen MR) is 103 cm³/mol. The van der Waals surface area contributed by atoms with Crippen LogP contribution in [0.15, 0.2) is 12.3 Å². The average Bonchev–Trinajstić information content (AvgIpc) is 3.12. The molecule has 0 radical (unpaired) electrons. The summed E-state index contributed by atoms with van der Waals surface area (Å²) in [4.78, 5) is 30.3. The molecule has 2 aliphatic rings. The largest absolute Gasteiger partial charge is 0.365 e. The number of carbonyl (C=O) groups excluding carboxylic acids is 2. The van der Waals surface area contributed by atoms with Crippen molar-refractivity contribution in [3.63, 3.8) is 0 Å². The van der Waals surface area contributed by atoms with Crippen molar-refractivity contribution in [1.82, 2.24) is 14.6 Å². The highest BCUT2D eigenvalue weighted by atomic mass is 32.1. The van der Waals surface area contributed by atoms with Crippen LogP contribution in [0.1, 0.15) is 74.2 Å². The molecule has 1 saturated carbocycles. The van der Waals surface area contributed by atoms with Crippen molar-refractivity contribution in [2.45, 2.75) is 44.4 Å². The summed E-state index contributed by atoms with van der Waals surface area (Å²) in [5.41, 5.74) is 7.20. The molecule has 10 heteroatoms. The van der Waals surface area contributed by atoms with E-state index >= 15 is 0 Å². The Balaban J connectivity index is 1.55. The third-order valence-corrected chi connectivity index (χ3v) is 6.58. The molecule has 3 aromatic heterocycles. The number of rotatable bonds is 5. The van der Waals surface area contributed by atoms with Crippen LogP contribution in [-0.2, 0) is 12.8 Å². The number of hydrogen-bond acceptors (Lipinski definition) is 5. The molecule has 0 spiro atoms. The number of nitrogens with zero attached hydrogens (tertiary/aromatic N) is 3. The van der Waals surface area contributed by atoms with E-state index in [9.17, 15) is 18.4 Å². The minimum Gasteiger partial charge on any atom is -0.365 e. The third kappa shape index (κ3) is 2.98. The van der Waals surface area contributed by atoms with Gasteiger partial charge in [-0.25, -0.2) is 18.3 Å². The Kier molecular flexibility index (Phi) is 4.12. The lowest BCUT2D eigenvalue weighted by Crippen LogP contribution is -2.18. The first-order chi connectivity index (χ1) is 13.9. The number of anilines is 1. The van der Waals surface area contributed by atoms with Gasteiger partial charge in [0, 0.05) is 16.5 Å². The number of hydrogen-bond donors (Lipinski definition) is 2. The fraction of sp³-hybridized carbons (Fsp3) is 0.368. The molecule has 2 amide bonds. The van der Waals surface area contributed by atoms with Gasteiger partial charge in [-0.2, -0.15) is 5.10 Å². The molecule has 3 heterocycles. The monoisotopic (exact) mass is 417 g/mol. The lowest BCUT2D eigenvalue weighted by atomic mass is 10.1. The fourth-order valence-electron chi connectivity index (χ4n) is 3.83. The quantitative estimate of drug-likeness (QED) is 0.664. The second-order valence-electron chi connectivity index (χ2n) is 7.35. The molecule has 150 valence electrons. The average molecular weight is 417 g/mol. The fourth-order valence-corrected chi connectivity index (χ4v) is 5.12. The van der Waals surface area contributed by atoms with Gasteiger partial charge in [0.2, 0.25) is 0 Å². The van der Waals surface area contributed by atoms with E-state index in [1.807, 2.05) is 0 Å². The van der Waals surface area contributed by atoms with Crippen molar-refractivity contribution in [3.05, 3.63) is 45.2 Å². The number of alkyl halides is 2. The SMILES string of the molecule is NC(=O)c1c(NC(=O)c2cnn3c(C(F)F)cc(C4CC4)nc23)sc2c1CCC2. The van der Waals surface area contributed by atoms with Gasteiger partial charge in [-0.1, -0.05) is 0 Å². The van der Waals surface area contributed by atoms with Crippen molar-refractivity contribution >= 4 is 33.8 Å². The Morgan fingerprint density at radius 3 is 2.79 bits per heavy atom. The van der Waals surface area contributed by atoms with Crippen molar-refractivity contribution in [2.24, 2.45) is 5.73 Å². The van der Waals surface area contributed by atoms with E-state index in [1.54, 1.807) is 0 Å². The Morgan fingerprint density at radius 2 is 2.10 bits per heavy atom. The summed E-state index contributed by atoms with van der Waals surface area (Å²) in [7, 11) is 0. The molecule has 3 N–H and O–H groups in total. The number of thiophene rings is 1. The molecule has 0 aromatic carbocycles. The minimum absolute atomic E-state index is 0.0818. The lowest BCUT2D eigenvalue weighted by molar-refractivity contribution is 0.100. The van der Waals surface area contributed by atoms with Crippen LogP contribution in [-0.4, -0.2) is 26.4 Å². The molecule has 1 fully saturated rings. The number of carbonyl (C=O) groups is 2. The summed E-state index contributed by atoms with van der Waals surface area (Å²) < 4.78 is 28.0. The molecule has 2 aliphatic carbocycles. The molecular weight excluding hydrogens is 400 g/mol. The number of nitrogens with one attached hydrogen (secondary N) is 1. The summed E-state index contributed by atoms with van der Waals surface area (Å²) >= 11 is 1.33. The molecule has 0 saturated heterocycles. The Labute approximate surface area is 167 Å². The standard InChI is InChI=1S/C19H17F2N5O2S/c20-15(21)12-6-11(8-4-5-8)24-17-10(7-23-26(12)17)18(28)25-19-14(16(22)27)9-2-1-3-13(9)29-19/h6-8,15H,1-5H2,(H2,22,27)(H,25,28). The molecule has 3 aromatic rings. The van der Waals surface area contributed by atoms with E-state index in [4.69, 9.17) is 5.73 Å². The third-order valence-electron chi connectivity index (χ3n) is 5.38. The van der Waals surface area contributed by atoms with E-state index in [1.165, 1.54) is 23.6 Å². The molecular formula is C19H17F2N5O2S. The summed E-state index contributed by atoms with van der Waals surface area (Å²) in [5.74, 6) is -0.998. The van der Waals surface area contributed by atoms with Crippen LogP contribution < -0.4 is 11.1 Å². The van der Waals surface area contributed by atoms with Gasteiger partial charge in [0.15, 0.2) is 5.65 Å². The van der Waals surface area contributed by atoms with Crippen LogP contribution in [0, 0.1) is 0 Å². The number of primary amides is 1. The van der Waals surface area contributed by atoms with Crippen LogP contribution >= 0.6 is 11.3 Å². The Hall–Kier alpha value is -2.88. The number of aromatic nitrogens is 3. The van der Waals surface area contributed by atoms with Gasteiger partial charge in [0.25, 0.3) is 18.2 Å². The molecule has 0 atom stereocenters. The van der Waals surface area contributed by atoms with Gasteiger partial charge in [-0.15, -0.1) is 11.3 Å². The van der Waals surface area contributed by atoms with Crippen molar-refractivity contribution in [3.8, 4) is 0 Å². The first kappa shape index (κ1) is 18.2. The maximum absolute atomic E-state index is 13.5. The van der Waals surface area contributed by atoms with Crippen LogP contribution in [0.2, 0.25) is 0 Å². The van der Waals surface area contributed by atoms with E-state index in [-0.39, 0.29) is 22.8 Å². The summed E-state index contributed by atoms with van der Waals surface area (Å²) in [6.45, 7) is 0. The summed E-state index contributed by atoms with van der Waals surface area (Å²) in [6.07, 6.45) is 2.82. The predicted octanol–water partition coefficient (Wildman–Crippen LogP) is 3.45. The second-order valence-corrected chi connectivity index (χ2v) is 8.46. The zero-order chi connectivity index (χ0) is 20.3. The van der Waals surface area contributed by atoms with Gasteiger partial charge in [-0.05, 0) is 43.7 Å². The maximum atomic E-state index is 13.5. The Bertz CT molecular complexity index is 1170. The molecule has 29 heavy (non-hydrogen) atoms. The highest BCUT2D eigenvalue weighted by Gasteiger charge is 2.30. The van der Waals surface area contributed by atoms with Gasteiger partial charge in [0.05, 0.1) is 11.8 Å². The van der Waals surface area contributed by atoms with Gasteiger partial charge < -0.3 is 11.1 Å². The van der Waals surface area contributed by atoms with Crippen LogP contribution in [0.25, 0.3) is 5.65 Å². The van der Waals surface area contributed by atoms with Gasteiger partial charge in [-0.3, -0.25) is 9.59 Å². The highest BCUT2D eigenvalue weighted by molar-refractivity contribution is 7.17. The second kappa shape index (κ2) is 6.58. The van der Waals surface area contributed by atoms with Crippen molar-refractivity contribution < 1.29 is 18.4 Å². The topological polar surface area (TPSA) is 102 Å². The Morgan fingerprint density at radius 1 is 1.31 bits per heavy atom. The zero-order valence-corrected chi connectivity index (χ0v) is 16.1. The van der Waals surface area contributed by atoms with Crippen LogP contribution in [0.5, 0.6) is 0 Å². The minimum atomic E-state index is -2.74. The molecule has 0 unspecified atom stereocenters. The molecule has 0 aliphatic heterocycles. The van der Waals surface area contributed by atoms with Crippen molar-refractivity contribution in [1.29, 1.82) is 0 Å². The van der Waals surface area contributed by atoms with Gasteiger partial charge in [0.1, 0.15) is 16.3 Å². The van der Waals surface area contributed by atoms with Crippen molar-refractivity contribution in [2.75, 3.05) is 5.32 Å². The van der Waals surface area contributed by atoms with E-state index in [2.05, 4.69) is 15.4 Å². The number of halogens is 2. The number of fused-ring (bicyclic) bond motifs is 2. The first-order valence-electron chi connectivity index (χ1n) is 9.36. The number of nitrogens with two attached hydrogens (primary N) is 1. The summed E-state index contributed by atoms with van der Waals surface area (Å²) in [6, 6.07) is 1.36. The van der Waals surface area contributed by atoms with E-state index < -0.39 is 18.2 Å². The first-order valence-corrected chi connectivity index (χ1v) is 10.2. The molecule has 7 nitrogen and oxygen atoms in total. The van der Waals surface area contributed by atoms with Crippen LogP contribution in [0.3, 0.4) is 0 Å². The van der Waals surface area contributed by atoms with Crippen LogP contribution in [0.4, 0.5) is 13.8 Å². The van der Waals surface area contributed by atoms with E-state index in [0.717, 1.165) is 47.1 Å². The highest BCUT2D eigenvalue weighted by Crippen LogP contribution is 2.41. The van der Waals surface area contributed by atoms with Gasteiger partial charge >= 0.3 is 0 Å². The number of aryl methyl sites for hydroxylation is 1. The summed E-state index contributed by atoms with van der Waals surface area (Å²) in [5, 5.41) is 7.07. The normalized spacial score (nSPS) is 15.8. The molecule has 5 rings (SSSR count). The lowest BCUT2D eigenvalue weighted by Gasteiger charge is -2.08. The smallest absolute Gasteiger partial charge is 0.280 e. The molecule has 0 bridgehead atoms.